The van der Waals surface area contributed by atoms with Crippen molar-refractivity contribution in [3.8, 4) is 0 Å². The van der Waals surface area contributed by atoms with E-state index < -0.39 is 6.10 Å². The highest BCUT2D eigenvalue weighted by molar-refractivity contribution is 5.89. The summed E-state index contributed by atoms with van der Waals surface area (Å²) < 4.78 is 19.0. The molecule has 1 aliphatic rings. The summed E-state index contributed by atoms with van der Waals surface area (Å²) in [6.07, 6.45) is 4.93. The fraction of sp³-hybridized carbons (Fsp3) is 0.333. The molecule has 24 heavy (non-hydrogen) atoms. The van der Waals surface area contributed by atoms with Gasteiger partial charge in [0.2, 0.25) is 0 Å². The van der Waals surface area contributed by atoms with Gasteiger partial charge in [0.15, 0.2) is 0 Å². The lowest BCUT2D eigenvalue weighted by atomic mass is 10.0. The second kappa shape index (κ2) is 6.20. The van der Waals surface area contributed by atoms with Gasteiger partial charge in [0.05, 0.1) is 11.8 Å². The molecule has 1 N–H and O–H groups in total. The number of nitrogens with zero attached hydrogens (tertiary/aromatic N) is 3. The number of hydrogen-bond acceptors (Lipinski definition) is 5. The van der Waals surface area contributed by atoms with Crippen molar-refractivity contribution in [3.05, 3.63) is 54.5 Å². The maximum Gasteiger partial charge on any atom is 0.140 e. The van der Waals surface area contributed by atoms with Crippen molar-refractivity contribution in [1.29, 1.82) is 0 Å². The fourth-order valence-corrected chi connectivity index (χ4v) is 3.46. The van der Waals surface area contributed by atoms with E-state index in [4.69, 9.17) is 4.42 Å². The Hall–Kier alpha value is -2.47. The van der Waals surface area contributed by atoms with E-state index in [1.165, 1.54) is 18.5 Å². The van der Waals surface area contributed by atoms with Crippen molar-refractivity contribution in [2.24, 2.45) is 0 Å². The number of benzene rings is 1. The Bertz CT molecular complexity index is 837. The molecule has 1 aliphatic heterocycles. The minimum absolute atomic E-state index is 0.131. The third-order valence-electron chi connectivity index (χ3n) is 4.59. The zero-order valence-electron chi connectivity index (χ0n) is 13.1. The maximum atomic E-state index is 13.7. The van der Waals surface area contributed by atoms with Gasteiger partial charge in [-0.1, -0.05) is 0 Å². The minimum Gasteiger partial charge on any atom is -0.467 e. The van der Waals surface area contributed by atoms with Gasteiger partial charge >= 0.3 is 0 Å². The number of furan rings is 1. The molecule has 5 nitrogen and oxygen atoms in total. The van der Waals surface area contributed by atoms with Gasteiger partial charge in [0, 0.05) is 24.4 Å². The molecular formula is C18H18FN3O2. The van der Waals surface area contributed by atoms with Crippen LogP contribution in [0.1, 0.15) is 31.1 Å². The van der Waals surface area contributed by atoms with Gasteiger partial charge in [0.1, 0.15) is 29.8 Å². The van der Waals surface area contributed by atoms with Gasteiger partial charge in [-0.15, -0.1) is 0 Å². The van der Waals surface area contributed by atoms with Crippen LogP contribution in [-0.2, 0) is 0 Å². The summed E-state index contributed by atoms with van der Waals surface area (Å²) in [6, 6.07) is 8.22. The Balaban J connectivity index is 1.64. The highest BCUT2D eigenvalue weighted by Crippen LogP contribution is 2.33. The first-order valence-electron chi connectivity index (χ1n) is 8.11. The molecule has 1 saturated heterocycles. The zero-order valence-corrected chi connectivity index (χ0v) is 13.1. The van der Waals surface area contributed by atoms with E-state index in [1.54, 1.807) is 24.5 Å². The lowest BCUT2D eigenvalue weighted by Crippen LogP contribution is -2.31. The van der Waals surface area contributed by atoms with Gasteiger partial charge in [-0.3, -0.25) is 0 Å². The zero-order chi connectivity index (χ0) is 16.5. The summed E-state index contributed by atoms with van der Waals surface area (Å²) in [4.78, 5) is 10.8. The summed E-state index contributed by atoms with van der Waals surface area (Å²) in [5, 5.41) is 11.1. The molecule has 2 aromatic heterocycles. The summed E-state index contributed by atoms with van der Waals surface area (Å²) in [7, 11) is 0. The average molecular weight is 327 g/mol. The van der Waals surface area contributed by atoms with E-state index in [-0.39, 0.29) is 11.9 Å². The van der Waals surface area contributed by atoms with Crippen LogP contribution in [0.5, 0.6) is 0 Å². The third-order valence-corrected chi connectivity index (χ3v) is 4.59. The predicted octanol–water partition coefficient (Wildman–Crippen LogP) is 3.45. The standard InChI is InChI=1S/C18H18FN3O2/c19-12-5-6-15-14(9-12)18(21-11-20-15)22-7-1-3-13(22)10-16(23)17-4-2-8-24-17/h2,4-6,8-9,11,13,16,23H,1,3,7,10H2. The van der Waals surface area contributed by atoms with E-state index in [1.807, 2.05) is 0 Å². The summed E-state index contributed by atoms with van der Waals surface area (Å²) in [5.74, 6) is 0.999. The normalized spacial score (nSPS) is 19.1. The number of aliphatic hydroxyl groups is 1. The molecule has 0 amide bonds. The van der Waals surface area contributed by atoms with Gasteiger partial charge in [-0.2, -0.15) is 0 Å². The summed E-state index contributed by atoms with van der Waals surface area (Å²) >= 11 is 0. The molecule has 2 atom stereocenters. The molecule has 124 valence electrons. The molecule has 1 fully saturated rings. The molecular weight excluding hydrogens is 309 g/mol. The SMILES string of the molecule is OC(CC1CCCN1c1ncnc2ccc(F)cc12)c1ccco1. The Morgan fingerprint density at radius 3 is 3.08 bits per heavy atom. The van der Waals surface area contributed by atoms with Crippen molar-refractivity contribution in [3.63, 3.8) is 0 Å². The highest BCUT2D eigenvalue weighted by atomic mass is 19.1. The topological polar surface area (TPSA) is 62.4 Å². The van der Waals surface area contributed by atoms with Crippen LogP contribution in [0.4, 0.5) is 10.2 Å². The Labute approximate surface area is 138 Å². The van der Waals surface area contributed by atoms with Crippen LogP contribution >= 0.6 is 0 Å². The van der Waals surface area contributed by atoms with Crippen LogP contribution in [-0.4, -0.2) is 27.7 Å². The van der Waals surface area contributed by atoms with Crippen molar-refractivity contribution >= 4 is 16.7 Å². The van der Waals surface area contributed by atoms with E-state index >= 15 is 0 Å². The van der Waals surface area contributed by atoms with Crippen LogP contribution in [0.3, 0.4) is 0 Å². The number of halogens is 1. The van der Waals surface area contributed by atoms with Crippen molar-refractivity contribution in [1.82, 2.24) is 9.97 Å². The van der Waals surface area contributed by atoms with Crippen LogP contribution in [0.25, 0.3) is 10.9 Å². The first-order valence-corrected chi connectivity index (χ1v) is 8.11. The molecule has 0 bridgehead atoms. The third kappa shape index (κ3) is 2.73. The van der Waals surface area contributed by atoms with Crippen molar-refractivity contribution < 1.29 is 13.9 Å². The highest BCUT2D eigenvalue weighted by Gasteiger charge is 2.30. The maximum absolute atomic E-state index is 13.7. The largest absolute Gasteiger partial charge is 0.467 e. The van der Waals surface area contributed by atoms with Crippen LogP contribution < -0.4 is 4.90 Å². The van der Waals surface area contributed by atoms with Gasteiger partial charge in [-0.05, 0) is 43.2 Å². The second-order valence-corrected chi connectivity index (χ2v) is 6.12. The Morgan fingerprint density at radius 1 is 1.33 bits per heavy atom. The molecule has 0 spiro atoms. The number of rotatable bonds is 4. The van der Waals surface area contributed by atoms with E-state index in [0.29, 0.717) is 17.6 Å². The average Bonchev–Trinajstić information content (AvgIpc) is 3.26. The van der Waals surface area contributed by atoms with Crippen LogP contribution in [0.15, 0.2) is 47.3 Å². The Kier molecular flexibility index (Phi) is 3.90. The number of aliphatic hydroxyl groups excluding tert-OH is 1. The van der Waals surface area contributed by atoms with Gasteiger partial charge in [0.25, 0.3) is 0 Å². The van der Waals surface area contributed by atoms with Crippen LogP contribution in [0, 0.1) is 5.82 Å². The van der Waals surface area contributed by atoms with E-state index in [0.717, 1.165) is 30.7 Å². The first kappa shape index (κ1) is 15.1. The quantitative estimate of drug-likeness (QED) is 0.795. The number of hydrogen-bond donors (Lipinski definition) is 1. The van der Waals surface area contributed by atoms with Crippen molar-refractivity contribution in [2.45, 2.75) is 31.4 Å². The number of fused-ring (bicyclic) bond motifs is 1. The summed E-state index contributed by atoms with van der Waals surface area (Å²) in [5.41, 5.74) is 0.721. The molecule has 3 heterocycles. The molecule has 1 aromatic carbocycles. The number of aromatic nitrogens is 2. The Morgan fingerprint density at radius 2 is 2.25 bits per heavy atom. The molecule has 2 unspecified atom stereocenters. The smallest absolute Gasteiger partial charge is 0.140 e. The van der Waals surface area contributed by atoms with E-state index in [2.05, 4.69) is 14.9 Å². The molecule has 0 radical (unpaired) electrons. The first-order chi connectivity index (χ1) is 11.7. The molecule has 0 aliphatic carbocycles. The molecule has 6 heteroatoms. The van der Waals surface area contributed by atoms with Crippen molar-refractivity contribution in [2.75, 3.05) is 11.4 Å². The minimum atomic E-state index is -0.657. The van der Waals surface area contributed by atoms with E-state index in [9.17, 15) is 9.50 Å². The molecule has 3 aromatic rings. The fourth-order valence-electron chi connectivity index (χ4n) is 3.46. The lowest BCUT2D eigenvalue weighted by Gasteiger charge is -2.27. The summed E-state index contributed by atoms with van der Waals surface area (Å²) in [6.45, 7) is 0.832. The second-order valence-electron chi connectivity index (χ2n) is 6.12. The van der Waals surface area contributed by atoms with Gasteiger partial charge < -0.3 is 14.4 Å². The monoisotopic (exact) mass is 327 g/mol. The number of anilines is 1. The molecule has 0 saturated carbocycles. The van der Waals surface area contributed by atoms with Crippen LogP contribution in [0.2, 0.25) is 0 Å². The lowest BCUT2D eigenvalue weighted by molar-refractivity contribution is 0.132. The predicted molar refractivity (Wildman–Crippen MR) is 88.1 cm³/mol. The van der Waals surface area contributed by atoms with Gasteiger partial charge in [-0.25, -0.2) is 14.4 Å². The molecule has 4 rings (SSSR count).